The van der Waals surface area contributed by atoms with Crippen LogP contribution in [0.25, 0.3) is 32.2 Å². The topological polar surface area (TPSA) is 46.0 Å². The highest BCUT2D eigenvalue weighted by atomic mass is 32.1. The van der Waals surface area contributed by atoms with Gasteiger partial charge in [0.1, 0.15) is 5.52 Å². The Bertz CT molecular complexity index is 1350. The number of nitrogens with one attached hydrogen (secondary N) is 1. The van der Waals surface area contributed by atoms with E-state index >= 15 is 4.39 Å². The second kappa shape index (κ2) is 7.50. The van der Waals surface area contributed by atoms with Crippen LogP contribution in [-0.4, -0.2) is 38.9 Å². The van der Waals surface area contributed by atoms with Crippen molar-refractivity contribution in [1.29, 1.82) is 0 Å². The van der Waals surface area contributed by atoms with Gasteiger partial charge in [0.05, 0.1) is 10.2 Å². The smallest absolute Gasteiger partial charge is 0.186 e. The van der Waals surface area contributed by atoms with Gasteiger partial charge >= 0.3 is 0 Å². The minimum Gasteiger partial charge on any atom is -0.348 e. The predicted octanol–water partition coefficient (Wildman–Crippen LogP) is 6.04. The number of piperidine rings is 1. The third-order valence-electron chi connectivity index (χ3n) is 6.70. The van der Waals surface area contributed by atoms with Gasteiger partial charge in [0, 0.05) is 42.8 Å². The van der Waals surface area contributed by atoms with Crippen LogP contribution >= 0.6 is 11.3 Å². The largest absolute Gasteiger partial charge is 0.348 e. The molecule has 0 atom stereocenters. The van der Waals surface area contributed by atoms with Gasteiger partial charge in [-0.05, 0) is 88.4 Å². The molecule has 5 nitrogen and oxygen atoms in total. The number of thiazole rings is 1. The summed E-state index contributed by atoms with van der Waals surface area (Å²) in [4.78, 5) is 6.97. The monoisotopic (exact) mass is 465 g/mol. The number of halogens is 1. The summed E-state index contributed by atoms with van der Waals surface area (Å²) in [5, 5.41) is 10.2. The van der Waals surface area contributed by atoms with Gasteiger partial charge in [-0.3, -0.25) is 4.68 Å². The zero-order chi connectivity index (χ0) is 23.7. The predicted molar refractivity (Wildman–Crippen MR) is 137 cm³/mol. The molecule has 1 aliphatic rings. The molecule has 2 aromatic heterocycles. The SMILES string of the molecule is Cc1cc(-c2cc(F)c3nc(N(C)C4CC(C)(C)NC(C)(C)C4)sc3c2)cc2cn(C)nc12. The molecule has 4 aromatic rings. The Labute approximate surface area is 198 Å². The van der Waals surface area contributed by atoms with E-state index in [9.17, 15) is 0 Å². The van der Waals surface area contributed by atoms with Gasteiger partial charge in [-0.25, -0.2) is 9.37 Å². The normalized spacial score (nSPS) is 18.3. The molecule has 1 aliphatic heterocycles. The maximum Gasteiger partial charge on any atom is 0.186 e. The second-order valence-corrected chi connectivity index (χ2v) is 11.9. The summed E-state index contributed by atoms with van der Waals surface area (Å²) in [5.41, 5.74) is 4.48. The summed E-state index contributed by atoms with van der Waals surface area (Å²) in [6.07, 6.45) is 4.03. The van der Waals surface area contributed by atoms with Crippen molar-refractivity contribution in [1.82, 2.24) is 20.1 Å². The van der Waals surface area contributed by atoms with E-state index in [0.717, 1.165) is 50.3 Å². The first-order chi connectivity index (χ1) is 15.4. The first-order valence-electron chi connectivity index (χ1n) is 11.5. The van der Waals surface area contributed by atoms with Crippen LogP contribution in [0.15, 0.2) is 30.5 Å². The summed E-state index contributed by atoms with van der Waals surface area (Å²) in [6, 6.07) is 8.20. The molecule has 1 fully saturated rings. The van der Waals surface area contributed by atoms with Crippen LogP contribution in [0, 0.1) is 12.7 Å². The van der Waals surface area contributed by atoms with Gasteiger partial charge in [0.2, 0.25) is 0 Å². The number of aromatic nitrogens is 3. The van der Waals surface area contributed by atoms with E-state index in [-0.39, 0.29) is 16.9 Å². The van der Waals surface area contributed by atoms with Gasteiger partial charge in [0.15, 0.2) is 10.9 Å². The zero-order valence-electron chi connectivity index (χ0n) is 20.5. The Kier molecular flexibility index (Phi) is 5.07. The lowest BCUT2D eigenvalue weighted by atomic mass is 9.79. The zero-order valence-corrected chi connectivity index (χ0v) is 21.3. The second-order valence-electron chi connectivity index (χ2n) is 10.9. The molecule has 5 rings (SSSR count). The summed E-state index contributed by atoms with van der Waals surface area (Å²) in [5.74, 6) is -0.270. The third kappa shape index (κ3) is 4.13. The van der Waals surface area contributed by atoms with Crippen molar-refractivity contribution in [3.05, 3.63) is 41.8 Å². The Hall–Kier alpha value is -2.51. The van der Waals surface area contributed by atoms with Crippen LogP contribution in [-0.2, 0) is 7.05 Å². The van der Waals surface area contributed by atoms with Crippen LogP contribution in [0.1, 0.15) is 46.1 Å². The quantitative estimate of drug-likeness (QED) is 0.400. The van der Waals surface area contributed by atoms with Crippen LogP contribution in [0.4, 0.5) is 9.52 Å². The molecule has 0 radical (unpaired) electrons. The van der Waals surface area contributed by atoms with E-state index in [1.165, 1.54) is 0 Å². The van der Waals surface area contributed by atoms with Crippen LogP contribution in [0.5, 0.6) is 0 Å². The molecule has 0 aliphatic carbocycles. The minimum absolute atomic E-state index is 0.0403. The number of aryl methyl sites for hydroxylation is 2. The lowest BCUT2D eigenvalue weighted by molar-refractivity contribution is 0.161. The molecule has 2 aromatic carbocycles. The van der Waals surface area contributed by atoms with Crippen molar-refractivity contribution >= 4 is 37.6 Å². The van der Waals surface area contributed by atoms with Crippen LogP contribution in [0.2, 0.25) is 0 Å². The standard InChI is InChI=1S/C26H32FN5S/c1-15-8-16(9-18-14-31(6)29-22(15)18)17-10-20(27)23-21(11-17)33-24(28-23)32(7)19-12-25(2,3)30-26(4,5)13-19/h8-11,14,19,30H,12-13H2,1-7H3. The number of hydrogen-bond donors (Lipinski definition) is 1. The Morgan fingerprint density at radius 2 is 1.73 bits per heavy atom. The number of fused-ring (bicyclic) bond motifs is 2. The fraction of sp³-hybridized carbons (Fsp3) is 0.462. The van der Waals surface area contributed by atoms with Crippen LogP contribution < -0.4 is 10.2 Å². The Morgan fingerprint density at radius 1 is 1.06 bits per heavy atom. The average Bonchev–Trinajstić information content (AvgIpc) is 3.28. The van der Waals surface area contributed by atoms with Gasteiger partial charge in [-0.2, -0.15) is 5.10 Å². The van der Waals surface area contributed by atoms with Gasteiger partial charge in [0.25, 0.3) is 0 Å². The number of nitrogens with zero attached hydrogens (tertiary/aromatic N) is 4. The van der Waals surface area contributed by atoms with Gasteiger partial charge in [-0.1, -0.05) is 11.3 Å². The molecule has 174 valence electrons. The molecule has 0 unspecified atom stereocenters. The first kappa shape index (κ1) is 22.3. The molecule has 0 bridgehead atoms. The lowest BCUT2D eigenvalue weighted by Gasteiger charge is -2.48. The number of rotatable bonds is 3. The first-order valence-corrected chi connectivity index (χ1v) is 12.3. The van der Waals surface area contributed by atoms with E-state index in [0.29, 0.717) is 11.6 Å². The van der Waals surface area contributed by atoms with Crippen molar-refractivity contribution in [2.45, 2.75) is 64.6 Å². The molecule has 1 N–H and O–H groups in total. The molecule has 0 saturated carbocycles. The number of benzene rings is 2. The van der Waals surface area contributed by atoms with Crippen molar-refractivity contribution in [3.63, 3.8) is 0 Å². The molecule has 33 heavy (non-hydrogen) atoms. The van der Waals surface area contributed by atoms with Crippen molar-refractivity contribution in [2.24, 2.45) is 7.05 Å². The van der Waals surface area contributed by atoms with Crippen molar-refractivity contribution < 1.29 is 4.39 Å². The van der Waals surface area contributed by atoms with Gasteiger partial charge < -0.3 is 10.2 Å². The van der Waals surface area contributed by atoms with Crippen molar-refractivity contribution in [3.8, 4) is 11.1 Å². The highest BCUT2D eigenvalue weighted by Gasteiger charge is 2.39. The van der Waals surface area contributed by atoms with E-state index in [1.807, 2.05) is 17.9 Å². The van der Waals surface area contributed by atoms with E-state index in [4.69, 9.17) is 4.98 Å². The molecular formula is C26H32FN5S. The fourth-order valence-corrected chi connectivity index (χ4v) is 6.64. The molecule has 0 amide bonds. The highest BCUT2D eigenvalue weighted by molar-refractivity contribution is 7.22. The van der Waals surface area contributed by atoms with Crippen molar-refractivity contribution in [2.75, 3.05) is 11.9 Å². The average molecular weight is 466 g/mol. The highest BCUT2D eigenvalue weighted by Crippen LogP contribution is 2.38. The summed E-state index contributed by atoms with van der Waals surface area (Å²) in [6.45, 7) is 11.1. The van der Waals surface area contributed by atoms with E-state index < -0.39 is 0 Å². The van der Waals surface area contributed by atoms with E-state index in [1.54, 1.807) is 17.4 Å². The molecule has 0 spiro atoms. The van der Waals surface area contributed by atoms with E-state index in [2.05, 4.69) is 75.2 Å². The summed E-state index contributed by atoms with van der Waals surface area (Å²) < 4.78 is 17.9. The summed E-state index contributed by atoms with van der Waals surface area (Å²) >= 11 is 1.57. The fourth-order valence-electron chi connectivity index (χ4n) is 5.59. The molecular weight excluding hydrogens is 433 g/mol. The molecule has 7 heteroatoms. The molecule has 3 heterocycles. The van der Waals surface area contributed by atoms with Crippen LogP contribution in [0.3, 0.4) is 0 Å². The van der Waals surface area contributed by atoms with Gasteiger partial charge in [-0.15, -0.1) is 0 Å². The number of anilines is 1. The maximum absolute atomic E-state index is 15.2. The summed E-state index contributed by atoms with van der Waals surface area (Å²) in [7, 11) is 4.02. The molecule has 1 saturated heterocycles. The third-order valence-corrected chi connectivity index (χ3v) is 7.80. The Morgan fingerprint density at radius 3 is 2.42 bits per heavy atom. The maximum atomic E-state index is 15.2. The minimum atomic E-state index is -0.270. The lowest BCUT2D eigenvalue weighted by Crippen LogP contribution is -2.61. The Balaban J connectivity index is 1.52. The number of hydrogen-bond acceptors (Lipinski definition) is 5.